The lowest BCUT2D eigenvalue weighted by molar-refractivity contribution is 1.01. The van der Waals surface area contributed by atoms with Gasteiger partial charge in [-0.15, -0.1) is 0 Å². The molecule has 0 spiro atoms. The molecule has 1 aromatic rings. The van der Waals surface area contributed by atoms with Gasteiger partial charge in [0.1, 0.15) is 0 Å². The van der Waals surface area contributed by atoms with Crippen molar-refractivity contribution in [3.8, 4) is 0 Å². The van der Waals surface area contributed by atoms with Crippen LogP contribution in [0.15, 0.2) is 24.4 Å². The Morgan fingerprint density at radius 2 is 2.08 bits per heavy atom. The summed E-state index contributed by atoms with van der Waals surface area (Å²) in [4.78, 5) is 4.35. The molecule has 0 aliphatic carbocycles. The fourth-order valence-electron chi connectivity index (χ4n) is 1.30. The Morgan fingerprint density at radius 1 is 1.23 bits per heavy atom. The Kier molecular flexibility index (Phi) is 2.64. The second-order valence-corrected chi connectivity index (χ2v) is 4.09. The minimum absolute atomic E-state index is 1.11. The molecule has 2 heterocycles. The van der Waals surface area contributed by atoms with Crippen molar-refractivity contribution in [1.29, 1.82) is 0 Å². The summed E-state index contributed by atoms with van der Waals surface area (Å²) in [6.07, 6.45) is 4.08. The molecule has 2 heteroatoms. The van der Waals surface area contributed by atoms with E-state index in [1.807, 2.05) is 18.3 Å². The maximum Gasteiger partial charge on any atom is 0.0593 e. The van der Waals surface area contributed by atoms with Gasteiger partial charge in [-0.1, -0.05) is 28.5 Å². The van der Waals surface area contributed by atoms with E-state index in [0.29, 0.717) is 0 Å². The molecular formula is C11H11NP. The van der Waals surface area contributed by atoms with Crippen LogP contribution in [0.3, 0.4) is 0 Å². The predicted octanol–water partition coefficient (Wildman–Crippen LogP) is 3.27. The minimum atomic E-state index is 1.11. The van der Waals surface area contributed by atoms with Gasteiger partial charge in [-0.05, 0) is 30.1 Å². The van der Waals surface area contributed by atoms with Crippen LogP contribution in [0.4, 0.5) is 0 Å². The van der Waals surface area contributed by atoms with E-state index in [1.54, 1.807) is 0 Å². The maximum atomic E-state index is 4.35. The highest BCUT2D eigenvalue weighted by Gasteiger charge is 2.34. The van der Waals surface area contributed by atoms with Crippen molar-refractivity contribution in [3.63, 3.8) is 0 Å². The number of hydrogen-bond acceptors (Lipinski definition) is 1. The van der Waals surface area contributed by atoms with Gasteiger partial charge in [0.25, 0.3) is 0 Å². The van der Waals surface area contributed by atoms with Crippen molar-refractivity contribution in [2.75, 3.05) is 0 Å². The average molecular weight is 188 g/mol. The van der Waals surface area contributed by atoms with E-state index >= 15 is 0 Å². The van der Waals surface area contributed by atoms with Crippen LogP contribution in [0.2, 0.25) is 0 Å². The highest BCUT2D eigenvalue weighted by atomic mass is 31.1. The standard InChI is InChI=1S/C11H11NP/c1-8-7-13-11(9(8)2)10-5-3-4-6-12-10/h3-7H,1-2H3. The van der Waals surface area contributed by atoms with E-state index < -0.39 is 0 Å². The van der Waals surface area contributed by atoms with Crippen molar-refractivity contribution >= 4 is 8.58 Å². The summed E-state index contributed by atoms with van der Waals surface area (Å²) in [6.45, 7) is 4.31. The van der Waals surface area contributed by atoms with E-state index in [2.05, 4.69) is 31.1 Å². The summed E-state index contributed by atoms with van der Waals surface area (Å²) in [5.74, 6) is 2.75. The van der Waals surface area contributed by atoms with Crippen molar-refractivity contribution in [2.45, 2.75) is 13.8 Å². The summed E-state index contributed by atoms with van der Waals surface area (Å²) in [6, 6.07) is 6.05. The first-order chi connectivity index (χ1) is 6.29. The summed E-state index contributed by atoms with van der Waals surface area (Å²) < 4.78 is 0. The van der Waals surface area contributed by atoms with Gasteiger partial charge in [0.15, 0.2) is 0 Å². The molecular weight excluding hydrogens is 177 g/mol. The number of hydrogen-bond donors (Lipinski definition) is 0. The molecule has 0 saturated carbocycles. The zero-order valence-electron chi connectivity index (χ0n) is 7.78. The molecule has 1 aromatic heterocycles. The molecule has 5 radical (unpaired) electrons. The van der Waals surface area contributed by atoms with Crippen molar-refractivity contribution in [1.82, 2.24) is 4.98 Å². The molecule has 1 aliphatic heterocycles. The molecule has 1 aliphatic rings. The van der Waals surface area contributed by atoms with Gasteiger partial charge in [-0.25, -0.2) is 0 Å². The summed E-state index contributed by atoms with van der Waals surface area (Å²) >= 11 is 0. The first kappa shape index (κ1) is 9.15. The van der Waals surface area contributed by atoms with Gasteiger partial charge in [0, 0.05) is 6.20 Å². The molecule has 0 atom stereocenters. The molecule has 1 nitrogen and oxygen atoms in total. The predicted molar refractivity (Wildman–Crippen MR) is 55.6 cm³/mol. The third kappa shape index (κ3) is 1.76. The van der Waals surface area contributed by atoms with E-state index in [9.17, 15) is 0 Å². The molecule has 1 saturated heterocycles. The first-order valence-corrected chi connectivity index (χ1v) is 5.25. The second kappa shape index (κ2) is 3.75. The Labute approximate surface area is 81.7 Å². The Balaban J connectivity index is 2.19. The highest BCUT2D eigenvalue weighted by molar-refractivity contribution is 7.46. The quantitative estimate of drug-likeness (QED) is 0.616. The third-order valence-electron chi connectivity index (χ3n) is 2.24. The van der Waals surface area contributed by atoms with Gasteiger partial charge in [0.2, 0.25) is 0 Å². The van der Waals surface area contributed by atoms with Crippen molar-refractivity contribution < 1.29 is 0 Å². The number of pyridine rings is 1. The average Bonchev–Trinajstić information content (AvgIpc) is 2.49. The number of nitrogens with zero attached hydrogens (tertiary/aromatic N) is 1. The molecule has 2 rings (SSSR count). The Bertz CT molecular complexity index is 273. The van der Waals surface area contributed by atoms with Gasteiger partial charge >= 0.3 is 0 Å². The van der Waals surface area contributed by atoms with Gasteiger partial charge in [-0.3, -0.25) is 4.98 Å². The fraction of sp³-hybridized carbons (Fsp3) is 0.182. The second-order valence-electron chi connectivity index (χ2n) is 3.13. The normalized spacial score (nSPS) is 22.9. The lowest BCUT2D eigenvalue weighted by Crippen LogP contribution is -2.04. The fourth-order valence-corrected chi connectivity index (χ4v) is 2.45. The molecule has 1 fully saturated rings. The van der Waals surface area contributed by atoms with Crippen LogP contribution in [0.5, 0.6) is 0 Å². The Morgan fingerprint density at radius 3 is 2.62 bits per heavy atom. The van der Waals surface area contributed by atoms with Crippen LogP contribution < -0.4 is 0 Å². The number of rotatable bonds is 1. The minimum Gasteiger partial charge on any atom is -0.260 e. The molecule has 0 aromatic carbocycles. The van der Waals surface area contributed by atoms with Gasteiger partial charge < -0.3 is 0 Å². The summed E-state index contributed by atoms with van der Waals surface area (Å²) in [5.41, 5.74) is 2.45. The zero-order chi connectivity index (χ0) is 9.26. The van der Waals surface area contributed by atoms with Crippen molar-refractivity contribution in [3.05, 3.63) is 53.7 Å². The third-order valence-corrected chi connectivity index (χ3v) is 3.58. The van der Waals surface area contributed by atoms with Crippen LogP contribution in [-0.4, -0.2) is 4.98 Å². The van der Waals surface area contributed by atoms with Gasteiger partial charge in [0.05, 0.1) is 11.4 Å². The first-order valence-electron chi connectivity index (χ1n) is 4.29. The van der Waals surface area contributed by atoms with Crippen LogP contribution >= 0.6 is 8.58 Å². The summed E-state index contributed by atoms with van der Waals surface area (Å²) in [5, 5.41) is 0. The van der Waals surface area contributed by atoms with Crippen molar-refractivity contribution in [2.24, 2.45) is 0 Å². The van der Waals surface area contributed by atoms with Crippen LogP contribution in [-0.2, 0) is 0 Å². The molecule has 0 bridgehead atoms. The maximum absolute atomic E-state index is 4.35. The highest BCUT2D eigenvalue weighted by Crippen LogP contribution is 2.55. The largest absolute Gasteiger partial charge is 0.260 e. The summed E-state index contributed by atoms with van der Waals surface area (Å²) in [7, 11) is 1.28. The van der Waals surface area contributed by atoms with E-state index in [4.69, 9.17) is 0 Å². The lowest BCUT2D eigenvalue weighted by atomic mass is 9.93. The lowest BCUT2D eigenvalue weighted by Gasteiger charge is -2.14. The molecule has 65 valence electrons. The topological polar surface area (TPSA) is 12.9 Å². The SMILES string of the molecule is C[C]1[CH][P][C](c2ccccn2)[C]1C. The monoisotopic (exact) mass is 188 g/mol. The zero-order valence-corrected chi connectivity index (χ0v) is 8.68. The van der Waals surface area contributed by atoms with E-state index in [0.717, 1.165) is 5.69 Å². The van der Waals surface area contributed by atoms with Crippen LogP contribution in [0.25, 0.3) is 0 Å². The van der Waals surface area contributed by atoms with Crippen LogP contribution in [0, 0.1) is 23.7 Å². The smallest absolute Gasteiger partial charge is 0.0593 e. The Hall–Kier alpha value is -0.420. The molecule has 13 heavy (non-hydrogen) atoms. The molecule has 0 unspecified atom stereocenters. The van der Waals surface area contributed by atoms with E-state index in [-0.39, 0.29) is 0 Å². The molecule has 0 amide bonds. The molecule has 0 N–H and O–H groups in total. The van der Waals surface area contributed by atoms with Gasteiger partial charge in [-0.2, -0.15) is 0 Å². The van der Waals surface area contributed by atoms with E-state index in [1.165, 1.54) is 26.1 Å². The van der Waals surface area contributed by atoms with Crippen LogP contribution in [0.1, 0.15) is 19.5 Å². The number of aromatic nitrogens is 1.